The third-order valence-corrected chi connectivity index (χ3v) is 3.89. The molecular formula is C17H17FN2O4S. The average Bonchev–Trinajstić information content (AvgIpc) is 2.64. The molecule has 0 unspecified atom stereocenters. The minimum absolute atomic E-state index is 0.0432. The van der Waals surface area contributed by atoms with Crippen molar-refractivity contribution in [2.45, 2.75) is 4.90 Å². The molecule has 2 N–H and O–H groups in total. The molecule has 132 valence electrons. The van der Waals surface area contributed by atoms with Crippen molar-refractivity contribution < 1.29 is 23.5 Å². The highest BCUT2D eigenvalue weighted by Crippen LogP contribution is 2.25. The van der Waals surface area contributed by atoms with Gasteiger partial charge in [0.05, 0.1) is 12.7 Å². The topological polar surface area (TPSA) is 76.7 Å². The van der Waals surface area contributed by atoms with E-state index in [1.165, 1.54) is 37.1 Å². The predicted octanol–water partition coefficient (Wildman–Crippen LogP) is 2.40. The number of thioether (sulfide) groups is 1. The van der Waals surface area contributed by atoms with E-state index in [1.54, 1.807) is 24.3 Å². The molecule has 0 aliphatic carbocycles. The van der Waals surface area contributed by atoms with Crippen LogP contribution in [0.5, 0.6) is 11.5 Å². The van der Waals surface area contributed by atoms with Crippen LogP contribution in [0, 0.1) is 5.82 Å². The van der Waals surface area contributed by atoms with Gasteiger partial charge in [-0.05, 0) is 36.6 Å². The molecule has 0 saturated carbocycles. The third kappa shape index (κ3) is 5.12. The number of rotatable bonds is 6. The molecular weight excluding hydrogens is 347 g/mol. The summed E-state index contributed by atoms with van der Waals surface area (Å²) in [4.78, 5) is 24.8. The number of halogens is 1. The van der Waals surface area contributed by atoms with Crippen molar-refractivity contribution in [1.82, 2.24) is 10.9 Å². The van der Waals surface area contributed by atoms with Gasteiger partial charge in [0.15, 0.2) is 18.2 Å². The second-order valence-corrected chi connectivity index (χ2v) is 5.67. The van der Waals surface area contributed by atoms with Crippen molar-refractivity contribution in [1.29, 1.82) is 0 Å². The molecule has 2 amide bonds. The number of ether oxygens (including phenoxy) is 2. The molecule has 0 saturated heterocycles. The van der Waals surface area contributed by atoms with Gasteiger partial charge in [-0.25, -0.2) is 4.39 Å². The normalized spacial score (nSPS) is 10.0. The van der Waals surface area contributed by atoms with Gasteiger partial charge in [-0.2, -0.15) is 0 Å². The number of benzene rings is 2. The summed E-state index contributed by atoms with van der Waals surface area (Å²) in [5.74, 6) is -1.39. The summed E-state index contributed by atoms with van der Waals surface area (Å²) in [5.41, 5.74) is 4.74. The van der Waals surface area contributed by atoms with Crippen molar-refractivity contribution in [3.05, 3.63) is 53.8 Å². The van der Waals surface area contributed by atoms with E-state index >= 15 is 0 Å². The summed E-state index contributed by atoms with van der Waals surface area (Å²) < 4.78 is 23.6. The van der Waals surface area contributed by atoms with Crippen molar-refractivity contribution >= 4 is 23.6 Å². The minimum atomic E-state index is -0.628. The molecule has 0 radical (unpaired) electrons. The Hall–Kier alpha value is -2.74. The summed E-state index contributed by atoms with van der Waals surface area (Å²) in [6.45, 7) is -0.441. The zero-order chi connectivity index (χ0) is 18.2. The first kappa shape index (κ1) is 18.6. The van der Waals surface area contributed by atoms with E-state index in [9.17, 15) is 14.0 Å². The van der Waals surface area contributed by atoms with Crippen LogP contribution >= 0.6 is 11.8 Å². The van der Waals surface area contributed by atoms with E-state index in [2.05, 4.69) is 10.9 Å². The number of carbonyl (C=O) groups excluding carboxylic acids is 2. The van der Waals surface area contributed by atoms with Crippen LogP contribution in [0.15, 0.2) is 47.4 Å². The molecule has 2 aromatic rings. The second kappa shape index (κ2) is 8.93. The highest BCUT2D eigenvalue weighted by Gasteiger charge is 2.14. The Labute approximate surface area is 148 Å². The standard InChI is InChI=1S/C17H17FN2O4S/c1-23-15-9-11(25-2)7-8-12(15)17(22)20-19-16(21)10-24-14-6-4-3-5-13(14)18/h3-9H,10H2,1-2H3,(H,19,21)(H,20,22). The summed E-state index contributed by atoms with van der Waals surface area (Å²) >= 11 is 1.51. The SMILES string of the molecule is COc1cc(SC)ccc1C(=O)NNC(=O)COc1ccccc1F. The Morgan fingerprint density at radius 3 is 2.56 bits per heavy atom. The van der Waals surface area contributed by atoms with Gasteiger partial charge in [0.2, 0.25) is 0 Å². The summed E-state index contributed by atoms with van der Waals surface area (Å²) in [7, 11) is 1.46. The van der Waals surface area contributed by atoms with Crippen molar-refractivity contribution in [3.63, 3.8) is 0 Å². The molecule has 0 fully saturated rings. The van der Waals surface area contributed by atoms with Crippen LogP contribution in [0.3, 0.4) is 0 Å². The van der Waals surface area contributed by atoms with Crippen LogP contribution in [0.1, 0.15) is 10.4 Å². The molecule has 8 heteroatoms. The Morgan fingerprint density at radius 1 is 1.12 bits per heavy atom. The minimum Gasteiger partial charge on any atom is -0.496 e. The average molecular weight is 364 g/mol. The van der Waals surface area contributed by atoms with Gasteiger partial charge < -0.3 is 9.47 Å². The number of methoxy groups -OCH3 is 1. The van der Waals surface area contributed by atoms with Crippen molar-refractivity contribution in [2.75, 3.05) is 20.0 Å². The van der Waals surface area contributed by atoms with Crippen LogP contribution in [0.2, 0.25) is 0 Å². The second-order valence-electron chi connectivity index (χ2n) is 4.79. The first-order valence-corrected chi connectivity index (χ1v) is 8.46. The van der Waals surface area contributed by atoms with Crippen LogP contribution < -0.4 is 20.3 Å². The summed E-state index contributed by atoms with van der Waals surface area (Å²) in [6.07, 6.45) is 1.91. The largest absolute Gasteiger partial charge is 0.496 e. The lowest BCUT2D eigenvalue weighted by Crippen LogP contribution is -2.44. The number of carbonyl (C=O) groups is 2. The molecule has 0 spiro atoms. The van der Waals surface area contributed by atoms with Crippen molar-refractivity contribution in [2.24, 2.45) is 0 Å². The Morgan fingerprint density at radius 2 is 1.88 bits per heavy atom. The van der Waals surface area contributed by atoms with Crippen LogP contribution in [-0.2, 0) is 4.79 Å². The molecule has 0 atom stereocenters. The van der Waals surface area contributed by atoms with Gasteiger partial charge in [0, 0.05) is 4.90 Å². The summed E-state index contributed by atoms with van der Waals surface area (Å²) in [6, 6.07) is 10.8. The van der Waals surface area contributed by atoms with E-state index in [-0.39, 0.29) is 11.3 Å². The molecule has 6 nitrogen and oxygen atoms in total. The maximum Gasteiger partial charge on any atom is 0.276 e. The predicted molar refractivity (Wildman–Crippen MR) is 92.3 cm³/mol. The Kier molecular flexibility index (Phi) is 6.64. The lowest BCUT2D eigenvalue weighted by atomic mass is 10.2. The zero-order valence-electron chi connectivity index (χ0n) is 13.7. The fraction of sp³-hybridized carbons (Fsp3) is 0.176. The Balaban J connectivity index is 1.89. The third-order valence-electron chi connectivity index (χ3n) is 3.16. The quantitative estimate of drug-likeness (QED) is 0.608. The van der Waals surface area contributed by atoms with E-state index in [4.69, 9.17) is 9.47 Å². The molecule has 0 aromatic heterocycles. The van der Waals surface area contributed by atoms with Gasteiger partial charge >= 0.3 is 0 Å². The number of para-hydroxylation sites is 1. The maximum absolute atomic E-state index is 13.4. The number of hydrogen-bond donors (Lipinski definition) is 2. The fourth-order valence-electron chi connectivity index (χ4n) is 1.92. The van der Waals surface area contributed by atoms with Crippen molar-refractivity contribution in [3.8, 4) is 11.5 Å². The lowest BCUT2D eigenvalue weighted by molar-refractivity contribution is -0.123. The van der Waals surface area contributed by atoms with E-state index in [1.807, 2.05) is 6.26 Å². The number of nitrogens with one attached hydrogen (secondary N) is 2. The maximum atomic E-state index is 13.4. The summed E-state index contributed by atoms with van der Waals surface area (Å²) in [5, 5.41) is 0. The first-order chi connectivity index (χ1) is 12.0. The fourth-order valence-corrected chi connectivity index (χ4v) is 2.35. The van der Waals surface area contributed by atoms with E-state index in [0.717, 1.165) is 4.90 Å². The van der Waals surface area contributed by atoms with Crippen LogP contribution in [-0.4, -0.2) is 31.8 Å². The zero-order valence-corrected chi connectivity index (χ0v) is 14.5. The number of amides is 2. The smallest absolute Gasteiger partial charge is 0.276 e. The first-order valence-electron chi connectivity index (χ1n) is 7.23. The highest BCUT2D eigenvalue weighted by atomic mass is 32.2. The molecule has 0 aliphatic heterocycles. The van der Waals surface area contributed by atoms with E-state index in [0.29, 0.717) is 5.75 Å². The molecule has 2 rings (SSSR count). The van der Waals surface area contributed by atoms with E-state index < -0.39 is 24.2 Å². The highest BCUT2D eigenvalue weighted by molar-refractivity contribution is 7.98. The molecule has 25 heavy (non-hydrogen) atoms. The molecule has 0 bridgehead atoms. The number of hydrogen-bond acceptors (Lipinski definition) is 5. The van der Waals surface area contributed by atoms with Crippen LogP contribution in [0.25, 0.3) is 0 Å². The van der Waals surface area contributed by atoms with Gasteiger partial charge in [-0.3, -0.25) is 20.4 Å². The number of hydrazine groups is 1. The Bertz CT molecular complexity index is 770. The lowest BCUT2D eigenvalue weighted by Gasteiger charge is -2.12. The van der Waals surface area contributed by atoms with Gasteiger partial charge in [-0.15, -0.1) is 11.8 Å². The van der Waals surface area contributed by atoms with Crippen LogP contribution in [0.4, 0.5) is 4.39 Å². The van der Waals surface area contributed by atoms with Gasteiger partial charge in [-0.1, -0.05) is 12.1 Å². The monoisotopic (exact) mass is 364 g/mol. The molecule has 2 aromatic carbocycles. The molecule has 0 aliphatic rings. The molecule has 0 heterocycles. The van der Waals surface area contributed by atoms with Gasteiger partial charge in [0.25, 0.3) is 11.8 Å². The van der Waals surface area contributed by atoms with Gasteiger partial charge in [0.1, 0.15) is 5.75 Å².